The fourth-order valence-corrected chi connectivity index (χ4v) is 14.9. The molecule has 13 nitrogen and oxygen atoms in total. The number of anilines is 3. The van der Waals surface area contributed by atoms with Gasteiger partial charge in [-0.15, -0.1) is 0 Å². The van der Waals surface area contributed by atoms with E-state index in [4.69, 9.17) is 59.5 Å². The predicted molar refractivity (Wildman–Crippen MR) is 516 cm³/mol. The van der Waals surface area contributed by atoms with Gasteiger partial charge in [-0.3, -0.25) is 0 Å². The van der Waals surface area contributed by atoms with Gasteiger partial charge < -0.3 is 32.8 Å². The summed E-state index contributed by atoms with van der Waals surface area (Å²) < 4.78 is 39.5. The Labute approximate surface area is 754 Å². The molecule has 3 aliphatic heterocycles. The first-order chi connectivity index (χ1) is 59.0. The van der Waals surface area contributed by atoms with Gasteiger partial charge >= 0.3 is 21.1 Å². The van der Waals surface area contributed by atoms with Crippen LogP contribution in [0.25, 0.3) is 90.1 Å². The molecule has 0 unspecified atom stereocenters. The fourth-order valence-electron chi connectivity index (χ4n) is 13.9. The molecule has 0 spiro atoms. The Hall–Kier alpha value is -10.6. The summed E-state index contributed by atoms with van der Waals surface area (Å²) >= 11 is 16.2. The van der Waals surface area contributed by atoms with Crippen LogP contribution < -0.4 is 10.6 Å². The van der Waals surface area contributed by atoms with Crippen molar-refractivity contribution in [2.75, 3.05) is 4.90 Å². The quantitative estimate of drug-likeness (QED) is 0.0849. The molecule has 20 heteroatoms. The summed E-state index contributed by atoms with van der Waals surface area (Å²) in [6, 6.07) is 119. The zero-order valence-corrected chi connectivity index (χ0v) is 76.5. The summed E-state index contributed by atoms with van der Waals surface area (Å²) in [5.74, 6) is 0.729. The summed E-state index contributed by atoms with van der Waals surface area (Å²) in [4.78, 5) is 30.1. The molecule has 19 rings (SSSR count). The highest BCUT2D eigenvalue weighted by molar-refractivity contribution is 9.11. The van der Waals surface area contributed by atoms with Crippen LogP contribution in [0.4, 0.5) is 17.1 Å². The minimum Gasteiger partial charge on any atom is -0.405 e. The van der Waals surface area contributed by atoms with Gasteiger partial charge in [-0.1, -0.05) is 309 Å². The second-order valence-electron chi connectivity index (χ2n) is 33.0. The van der Waals surface area contributed by atoms with Crippen LogP contribution in [0.3, 0.4) is 0 Å². The van der Waals surface area contributed by atoms with Crippen molar-refractivity contribution in [2.24, 2.45) is 0 Å². The highest BCUT2D eigenvalue weighted by Crippen LogP contribution is 2.46. The Balaban J connectivity index is 0.000000123. The molecule has 0 amide bonds. The minimum atomic E-state index is -0.596. The maximum absolute atomic E-state index is 6.18. The van der Waals surface area contributed by atoms with Crippen molar-refractivity contribution in [3.05, 3.63) is 382 Å². The summed E-state index contributed by atoms with van der Waals surface area (Å²) in [7, 11) is -1.55. The van der Waals surface area contributed by atoms with Gasteiger partial charge in [-0.05, 0) is 214 Å². The van der Waals surface area contributed by atoms with Gasteiger partial charge in [0.1, 0.15) is 0 Å². The van der Waals surface area contributed by atoms with Crippen LogP contribution in [0, 0.1) is 0 Å². The zero-order chi connectivity index (χ0) is 86.5. The molecule has 0 N–H and O–H groups in total. The molecule has 0 saturated carbocycles. The third-order valence-electron chi connectivity index (χ3n) is 22.8. The SMILES string of the molecule is Brc1ccc(-c2nc(-c3ccccc3)cc(-c3ccccc3)n2)cc1.Brc1ccc(Br)cc1.CC1(C)OB(B2OC(C)(C)C(C)(C)O2)OC1(C)C.CC1(C)OB(c2nc(-c3ccccc3)cc(-c3ccccc3)n2)OC1(C)C.Clc1nc(-c2ccccc2)cc(-c2ccccc2)n1.c1ccc(N(c2ccccc2)c2ccc3c(c2)-c2ccccc2C3)cc1. The largest absolute Gasteiger partial charge is 0.534 e. The number of nitrogens with zero attached hydrogens (tertiary/aromatic N) is 7. The number of halogens is 4. The van der Waals surface area contributed by atoms with Gasteiger partial charge in [0.25, 0.3) is 0 Å². The maximum atomic E-state index is 6.18. The molecule has 123 heavy (non-hydrogen) atoms. The van der Waals surface area contributed by atoms with Gasteiger partial charge in [-0.25, -0.2) is 29.9 Å². The van der Waals surface area contributed by atoms with E-state index in [0.29, 0.717) is 5.72 Å². The molecule has 616 valence electrons. The average Bonchev–Trinajstić information content (AvgIpc) is 1.83. The van der Waals surface area contributed by atoms with E-state index in [2.05, 4.69) is 190 Å². The fraction of sp³-hybridized carbons (Fsp3) is 0.184. The van der Waals surface area contributed by atoms with Gasteiger partial charge in [0.05, 0.1) is 67.8 Å². The lowest BCUT2D eigenvalue weighted by atomic mass is 9.49. The Morgan fingerprint density at radius 3 is 0.886 bits per heavy atom. The van der Waals surface area contributed by atoms with Crippen LogP contribution in [0.1, 0.15) is 94.2 Å². The lowest BCUT2D eigenvalue weighted by Gasteiger charge is -2.32. The van der Waals surface area contributed by atoms with E-state index in [1.165, 1.54) is 39.3 Å². The number of fused-ring (bicyclic) bond motifs is 3. The van der Waals surface area contributed by atoms with E-state index < -0.39 is 32.3 Å². The smallest absolute Gasteiger partial charge is 0.405 e. The van der Waals surface area contributed by atoms with E-state index in [9.17, 15) is 0 Å². The monoisotopic (exact) mass is 1830 g/mol. The van der Waals surface area contributed by atoms with Gasteiger partial charge in [0.2, 0.25) is 5.28 Å². The Morgan fingerprint density at radius 2 is 0.545 bits per heavy atom. The maximum Gasteiger partial charge on any atom is 0.534 e. The lowest BCUT2D eigenvalue weighted by molar-refractivity contribution is 0.00578. The van der Waals surface area contributed by atoms with Crippen molar-refractivity contribution < 1.29 is 27.9 Å². The molecule has 0 bridgehead atoms. The third kappa shape index (κ3) is 21.9. The van der Waals surface area contributed by atoms with Crippen molar-refractivity contribution in [3.8, 4) is 90.1 Å². The van der Waals surface area contributed by atoms with Crippen molar-refractivity contribution >= 4 is 103 Å². The molecule has 0 atom stereocenters. The molecule has 6 heterocycles. The van der Waals surface area contributed by atoms with Gasteiger partial charge in [0, 0.05) is 69.4 Å². The van der Waals surface area contributed by atoms with Gasteiger partial charge in [0.15, 0.2) is 11.5 Å². The van der Waals surface area contributed by atoms with Crippen LogP contribution in [-0.2, 0) is 34.3 Å². The predicted octanol–water partition coefficient (Wildman–Crippen LogP) is 27.0. The van der Waals surface area contributed by atoms with Crippen LogP contribution in [0.2, 0.25) is 5.28 Å². The average molecular weight is 1840 g/mol. The molecule has 1 aliphatic carbocycles. The first kappa shape index (κ1) is 88.7. The molecule has 0 radical (unpaired) electrons. The standard InChI is InChI=1S/C25H19N.C22H23BN2O2.C22H15BrN2.C16H11ClN2.C12H24B2O4.C6H4Br2/c1-3-10-21(11-4-1)26(22-12-5-2-6-13-22)23-16-15-20-17-19-9-7-8-14-24(19)25(20)18-23;1-21(2)22(3,4)27-23(26-21)20-24-18(16-11-7-5-8-12-16)15-19(25-20)17-13-9-6-10-14-17;23-19-13-11-18(12-14-19)22-24-20(16-7-3-1-4-8-16)15-21(25-22)17-9-5-2-6-10-17;17-16-18-14(12-7-3-1-4-8-12)11-15(19-16)13-9-5-2-6-10-13;1-9(2)10(3,4)16-13(15-9)14-17-11(5,6)12(7,8)18-14;7-5-1-2-6(8)4-3-5/h1-16,18H,17H2;5-15H,1-4H3;1-15H;1-11H;1-8H3;1-4H. The molecule has 15 aromatic rings. The number of hydrogen-bond donors (Lipinski definition) is 0. The highest BCUT2D eigenvalue weighted by Gasteiger charge is 2.64. The van der Waals surface area contributed by atoms with E-state index >= 15 is 0 Å². The van der Waals surface area contributed by atoms with E-state index in [-0.39, 0.29) is 27.7 Å². The number of benzene rings is 12. The second kappa shape index (κ2) is 39.1. The van der Waals surface area contributed by atoms with E-state index in [1.54, 1.807) is 0 Å². The lowest BCUT2D eigenvalue weighted by Crippen LogP contribution is -2.41. The van der Waals surface area contributed by atoms with Crippen LogP contribution in [-0.4, -0.2) is 84.6 Å². The number of rotatable bonds is 12. The number of hydrogen-bond acceptors (Lipinski definition) is 13. The Bertz CT molecular complexity index is 5700. The second-order valence-corrected chi connectivity index (χ2v) is 36.1. The number of para-hydroxylation sites is 2. The minimum absolute atomic E-state index is 0.264. The zero-order valence-electron chi connectivity index (χ0n) is 71.0. The summed E-state index contributed by atoms with van der Waals surface area (Å²) in [5, 5.41) is 0.264. The summed E-state index contributed by atoms with van der Waals surface area (Å²) in [6.07, 6.45) is 1.03. The molecular formula is C103H96B3Br3ClN7O6. The number of aromatic nitrogens is 6. The van der Waals surface area contributed by atoms with Crippen molar-refractivity contribution in [1.29, 1.82) is 0 Å². The third-order valence-corrected chi connectivity index (χ3v) is 24.5. The van der Waals surface area contributed by atoms with Crippen LogP contribution in [0.5, 0.6) is 0 Å². The molecule has 3 saturated heterocycles. The molecule has 12 aromatic carbocycles. The van der Waals surface area contributed by atoms with Crippen molar-refractivity contribution in [1.82, 2.24) is 29.9 Å². The first-order valence-electron chi connectivity index (χ1n) is 41.1. The van der Waals surface area contributed by atoms with Gasteiger partial charge in [-0.2, -0.15) is 0 Å². The van der Waals surface area contributed by atoms with E-state index in [0.717, 1.165) is 98.8 Å². The summed E-state index contributed by atoms with van der Waals surface area (Å²) in [6.45, 7) is 24.3. The first-order valence-corrected chi connectivity index (χ1v) is 43.8. The molecule has 3 aromatic heterocycles. The molecule has 4 aliphatic rings. The normalized spacial score (nSPS) is 15.4. The Morgan fingerprint density at radius 1 is 0.268 bits per heavy atom. The van der Waals surface area contributed by atoms with Crippen LogP contribution >= 0.6 is 59.4 Å². The van der Waals surface area contributed by atoms with Crippen molar-refractivity contribution in [3.63, 3.8) is 0 Å². The van der Waals surface area contributed by atoms with Crippen molar-refractivity contribution in [2.45, 2.75) is 123 Å². The summed E-state index contributed by atoms with van der Waals surface area (Å²) in [5.41, 5.74) is 19.9. The van der Waals surface area contributed by atoms with Crippen LogP contribution in [0.15, 0.2) is 365 Å². The topological polar surface area (TPSA) is 136 Å². The Kier molecular flexibility index (Phi) is 28.2. The highest BCUT2D eigenvalue weighted by atomic mass is 79.9. The van der Waals surface area contributed by atoms with E-state index in [1.807, 2.05) is 308 Å². The molecular weight excluding hydrogens is 1740 g/mol. The molecule has 3 fully saturated rings.